The number of nitrogens with zero attached hydrogens (tertiary/aromatic N) is 1. The molecule has 0 radical (unpaired) electrons. The van der Waals surface area contributed by atoms with Gasteiger partial charge in [0.25, 0.3) is 11.7 Å². The van der Waals surface area contributed by atoms with Crippen molar-refractivity contribution in [2.45, 2.75) is 19.9 Å². The van der Waals surface area contributed by atoms with Gasteiger partial charge in [-0.05, 0) is 49.2 Å². The minimum absolute atomic E-state index is 0.0176. The number of Topliss-reactive ketones (excluding diaryl/α,β-unsaturated/α-hetero) is 1. The molecule has 1 atom stereocenters. The minimum Gasteiger partial charge on any atom is -0.507 e. The van der Waals surface area contributed by atoms with Gasteiger partial charge in [-0.1, -0.05) is 28.1 Å². The molecule has 1 fully saturated rings. The van der Waals surface area contributed by atoms with Crippen molar-refractivity contribution in [1.82, 2.24) is 4.90 Å². The van der Waals surface area contributed by atoms with Gasteiger partial charge in [-0.2, -0.15) is 0 Å². The molecule has 0 aliphatic carbocycles. The number of halogens is 1. The van der Waals surface area contributed by atoms with Gasteiger partial charge in [-0.3, -0.25) is 9.59 Å². The molecule has 8 heteroatoms. The number of rotatable bonds is 7. The number of ketones is 1. The summed E-state index contributed by atoms with van der Waals surface area (Å²) in [6, 6.07) is 8.97. The number of carbonyl (C=O) groups is 2. The smallest absolute Gasteiger partial charge is 0.295 e. The van der Waals surface area contributed by atoms with Gasteiger partial charge >= 0.3 is 0 Å². The lowest BCUT2D eigenvalue weighted by Crippen LogP contribution is -2.32. The molecule has 1 unspecified atom stereocenters. The van der Waals surface area contributed by atoms with Crippen LogP contribution in [0.15, 0.2) is 46.4 Å². The van der Waals surface area contributed by atoms with E-state index in [0.717, 1.165) is 10.0 Å². The number of hydrogen-bond acceptors (Lipinski definition) is 6. The van der Waals surface area contributed by atoms with Gasteiger partial charge in [-0.25, -0.2) is 0 Å². The highest BCUT2D eigenvalue weighted by Crippen LogP contribution is 2.41. The van der Waals surface area contributed by atoms with Crippen molar-refractivity contribution in [2.24, 2.45) is 0 Å². The summed E-state index contributed by atoms with van der Waals surface area (Å²) in [5.74, 6) is -1.57. The van der Waals surface area contributed by atoms with Crippen LogP contribution in [0.3, 0.4) is 0 Å². The van der Waals surface area contributed by atoms with Gasteiger partial charge < -0.3 is 24.6 Å². The zero-order valence-electron chi connectivity index (χ0n) is 17.5. The molecule has 1 aliphatic heterocycles. The van der Waals surface area contributed by atoms with E-state index >= 15 is 0 Å². The molecule has 1 aliphatic rings. The molecular weight excluding hydrogens is 466 g/mol. The Hall–Kier alpha value is -2.84. The molecule has 31 heavy (non-hydrogen) atoms. The maximum absolute atomic E-state index is 13.0. The molecule has 2 aromatic carbocycles. The molecule has 1 saturated heterocycles. The second kappa shape index (κ2) is 9.53. The topological polar surface area (TPSA) is 96.3 Å². The lowest BCUT2D eigenvalue weighted by atomic mass is 9.94. The lowest BCUT2D eigenvalue weighted by molar-refractivity contribution is -0.140. The van der Waals surface area contributed by atoms with Crippen LogP contribution in [-0.2, 0) is 14.3 Å². The van der Waals surface area contributed by atoms with Crippen molar-refractivity contribution >= 4 is 33.4 Å². The molecule has 0 aromatic heterocycles. The van der Waals surface area contributed by atoms with E-state index in [0.29, 0.717) is 17.7 Å². The number of aryl methyl sites for hydroxylation is 1. The summed E-state index contributed by atoms with van der Waals surface area (Å²) < 4.78 is 11.4. The summed E-state index contributed by atoms with van der Waals surface area (Å²) in [6.07, 6.45) is 0. The summed E-state index contributed by atoms with van der Waals surface area (Å²) in [4.78, 5) is 27.2. The van der Waals surface area contributed by atoms with Gasteiger partial charge in [0.2, 0.25) is 0 Å². The van der Waals surface area contributed by atoms with E-state index < -0.39 is 17.7 Å². The number of ether oxygens (including phenoxy) is 2. The van der Waals surface area contributed by atoms with Gasteiger partial charge in [0.15, 0.2) is 11.5 Å². The fraction of sp³-hybridized carbons (Fsp3) is 0.304. The molecule has 2 N–H and O–H groups in total. The fourth-order valence-corrected chi connectivity index (χ4v) is 3.81. The zero-order valence-corrected chi connectivity index (χ0v) is 19.1. The Morgan fingerprint density at radius 3 is 2.58 bits per heavy atom. The van der Waals surface area contributed by atoms with Crippen molar-refractivity contribution in [1.29, 1.82) is 0 Å². The van der Waals surface area contributed by atoms with Gasteiger partial charge in [0.1, 0.15) is 5.76 Å². The van der Waals surface area contributed by atoms with Crippen molar-refractivity contribution < 1.29 is 29.3 Å². The van der Waals surface area contributed by atoms with Crippen LogP contribution in [0, 0.1) is 6.92 Å². The monoisotopic (exact) mass is 489 g/mol. The second-order valence-electron chi connectivity index (χ2n) is 7.11. The van der Waals surface area contributed by atoms with Gasteiger partial charge in [-0.15, -0.1) is 0 Å². The lowest BCUT2D eigenvalue weighted by Gasteiger charge is -2.25. The van der Waals surface area contributed by atoms with Crippen LogP contribution in [0.4, 0.5) is 0 Å². The van der Waals surface area contributed by atoms with Gasteiger partial charge in [0.05, 0.1) is 24.8 Å². The quantitative estimate of drug-likeness (QED) is 0.347. The van der Waals surface area contributed by atoms with Crippen LogP contribution in [0.2, 0.25) is 0 Å². The number of methoxy groups -OCH3 is 1. The number of aromatic hydroxyl groups is 1. The molecule has 0 spiro atoms. The third kappa shape index (κ3) is 4.45. The van der Waals surface area contributed by atoms with E-state index in [1.54, 1.807) is 37.3 Å². The van der Waals surface area contributed by atoms with Crippen LogP contribution >= 0.6 is 15.9 Å². The first-order valence-electron chi connectivity index (χ1n) is 9.79. The second-order valence-corrected chi connectivity index (χ2v) is 7.96. The normalized spacial score (nSPS) is 17.9. The van der Waals surface area contributed by atoms with E-state index in [1.807, 2.05) is 6.92 Å². The van der Waals surface area contributed by atoms with Crippen LogP contribution in [0.5, 0.6) is 11.5 Å². The highest BCUT2D eigenvalue weighted by atomic mass is 79.9. The Balaban J connectivity index is 2.19. The van der Waals surface area contributed by atoms with E-state index in [-0.39, 0.29) is 36.0 Å². The number of amides is 1. The van der Waals surface area contributed by atoms with Crippen LogP contribution in [0.25, 0.3) is 5.76 Å². The van der Waals surface area contributed by atoms with Crippen LogP contribution in [0.1, 0.15) is 29.7 Å². The standard InChI is InChI=1S/C23H24BrNO6/c1-4-31-18-12-14(6-8-17(18)26)20-19(22(28)23(29)25(20)9-10-30-3)21(27)15-5-7-16(24)13(2)11-15/h5-8,11-12,20,26-27H,4,9-10H2,1-3H3/b21-19-. The number of aliphatic hydroxyl groups is 1. The number of hydrogen-bond donors (Lipinski definition) is 2. The molecule has 0 saturated carbocycles. The molecule has 2 aromatic rings. The Morgan fingerprint density at radius 1 is 1.19 bits per heavy atom. The van der Waals surface area contributed by atoms with Crippen molar-refractivity contribution in [3.63, 3.8) is 0 Å². The maximum atomic E-state index is 13.0. The zero-order chi connectivity index (χ0) is 22.7. The number of likely N-dealkylation sites (tertiary alicyclic amines) is 1. The Labute approximate surface area is 189 Å². The summed E-state index contributed by atoms with van der Waals surface area (Å²) in [5, 5.41) is 21.2. The van der Waals surface area contributed by atoms with Crippen LogP contribution < -0.4 is 4.74 Å². The first kappa shape index (κ1) is 22.8. The Morgan fingerprint density at radius 2 is 1.94 bits per heavy atom. The largest absolute Gasteiger partial charge is 0.507 e. The summed E-state index contributed by atoms with van der Waals surface area (Å²) in [5.41, 5.74) is 1.82. The van der Waals surface area contributed by atoms with E-state index in [1.165, 1.54) is 18.1 Å². The highest BCUT2D eigenvalue weighted by Gasteiger charge is 2.46. The van der Waals surface area contributed by atoms with E-state index in [2.05, 4.69) is 15.9 Å². The predicted octanol–water partition coefficient (Wildman–Crippen LogP) is 3.93. The number of phenolic OH excluding ortho intramolecular Hbond substituents is 1. The Kier molecular flexibility index (Phi) is 7.02. The summed E-state index contributed by atoms with van der Waals surface area (Å²) in [7, 11) is 1.50. The number of carbonyl (C=O) groups excluding carboxylic acids is 2. The fourth-order valence-electron chi connectivity index (χ4n) is 3.57. The summed E-state index contributed by atoms with van der Waals surface area (Å²) in [6.45, 7) is 4.36. The van der Waals surface area contributed by atoms with Crippen molar-refractivity contribution in [2.75, 3.05) is 26.9 Å². The molecular formula is C23H24BrNO6. The third-order valence-electron chi connectivity index (χ3n) is 5.11. The Bertz CT molecular complexity index is 1050. The predicted molar refractivity (Wildman–Crippen MR) is 119 cm³/mol. The first-order valence-corrected chi connectivity index (χ1v) is 10.6. The van der Waals surface area contributed by atoms with Gasteiger partial charge in [0, 0.05) is 23.7 Å². The minimum atomic E-state index is -0.848. The first-order chi connectivity index (χ1) is 14.8. The SMILES string of the molecule is CCOc1cc(C2/C(=C(/O)c3ccc(Br)c(C)c3)C(=O)C(=O)N2CCOC)ccc1O. The van der Waals surface area contributed by atoms with Crippen LogP contribution in [-0.4, -0.2) is 53.7 Å². The molecule has 7 nitrogen and oxygen atoms in total. The molecule has 164 valence electrons. The van der Waals surface area contributed by atoms with E-state index in [4.69, 9.17) is 9.47 Å². The summed E-state index contributed by atoms with van der Waals surface area (Å²) >= 11 is 3.42. The van der Waals surface area contributed by atoms with Crippen molar-refractivity contribution in [3.05, 3.63) is 63.1 Å². The average Bonchev–Trinajstić information content (AvgIpc) is 3.00. The third-order valence-corrected chi connectivity index (χ3v) is 6.00. The van der Waals surface area contributed by atoms with E-state index in [9.17, 15) is 19.8 Å². The molecule has 1 amide bonds. The number of benzene rings is 2. The maximum Gasteiger partial charge on any atom is 0.295 e. The number of aliphatic hydroxyl groups excluding tert-OH is 1. The van der Waals surface area contributed by atoms with Crippen molar-refractivity contribution in [3.8, 4) is 11.5 Å². The molecule has 3 rings (SSSR count). The number of phenols is 1. The highest BCUT2D eigenvalue weighted by molar-refractivity contribution is 9.10. The molecule has 0 bridgehead atoms. The molecule has 1 heterocycles. The average molecular weight is 490 g/mol.